The molecule has 0 unspecified atom stereocenters. The van der Waals surface area contributed by atoms with Gasteiger partial charge in [0.2, 0.25) is 5.91 Å². The first-order valence-corrected chi connectivity index (χ1v) is 8.48. The number of likely N-dealkylation sites (N-methyl/N-ethyl adjacent to an activating group) is 1. The molecule has 0 N–H and O–H groups in total. The summed E-state index contributed by atoms with van der Waals surface area (Å²) < 4.78 is 13.7. The Morgan fingerprint density at radius 1 is 1.12 bits per heavy atom. The van der Waals surface area contributed by atoms with Crippen LogP contribution in [-0.2, 0) is 17.8 Å². The third-order valence-corrected chi connectivity index (χ3v) is 4.64. The van der Waals surface area contributed by atoms with E-state index in [2.05, 4.69) is 4.98 Å². The molecule has 0 aliphatic rings. The van der Waals surface area contributed by atoms with Gasteiger partial charge >= 0.3 is 0 Å². The number of rotatable bonds is 5. The van der Waals surface area contributed by atoms with Crippen molar-refractivity contribution in [3.8, 4) is 10.6 Å². The average Bonchev–Trinajstić information content (AvgIpc) is 3.06. The lowest BCUT2D eigenvalue weighted by molar-refractivity contribution is -0.129. The normalized spacial score (nSPS) is 10.6. The van der Waals surface area contributed by atoms with Crippen molar-refractivity contribution in [2.75, 3.05) is 7.05 Å². The predicted octanol–water partition coefficient (Wildman–Crippen LogP) is 4.15. The Kier molecular flexibility index (Phi) is 5.01. The molecule has 0 spiro atoms. The van der Waals surface area contributed by atoms with Gasteiger partial charge in [0.25, 0.3) is 0 Å². The molecule has 0 fully saturated rings. The van der Waals surface area contributed by atoms with E-state index in [1.54, 1.807) is 25.2 Å². The molecule has 0 saturated carbocycles. The minimum Gasteiger partial charge on any atom is -0.341 e. The number of amides is 1. The molecular formula is C19H17FN2OS. The van der Waals surface area contributed by atoms with Crippen molar-refractivity contribution >= 4 is 17.2 Å². The summed E-state index contributed by atoms with van der Waals surface area (Å²) in [4.78, 5) is 18.4. The van der Waals surface area contributed by atoms with E-state index in [1.807, 2.05) is 35.7 Å². The number of thiazole rings is 1. The molecule has 24 heavy (non-hydrogen) atoms. The number of hydrogen-bond donors (Lipinski definition) is 0. The monoisotopic (exact) mass is 340 g/mol. The first-order chi connectivity index (χ1) is 11.6. The van der Waals surface area contributed by atoms with E-state index in [4.69, 9.17) is 0 Å². The van der Waals surface area contributed by atoms with Crippen molar-refractivity contribution in [2.24, 2.45) is 0 Å². The van der Waals surface area contributed by atoms with Gasteiger partial charge < -0.3 is 4.90 Å². The first kappa shape index (κ1) is 16.3. The Hall–Kier alpha value is -2.53. The van der Waals surface area contributed by atoms with Crippen molar-refractivity contribution in [1.82, 2.24) is 9.88 Å². The molecule has 0 aliphatic heterocycles. The largest absolute Gasteiger partial charge is 0.341 e. The Morgan fingerprint density at radius 2 is 1.83 bits per heavy atom. The summed E-state index contributed by atoms with van der Waals surface area (Å²) in [6.07, 6.45) is 0.217. The van der Waals surface area contributed by atoms with Crippen LogP contribution < -0.4 is 0 Å². The number of carbonyl (C=O) groups is 1. The second kappa shape index (κ2) is 7.36. The highest BCUT2D eigenvalue weighted by atomic mass is 32.1. The zero-order chi connectivity index (χ0) is 16.9. The van der Waals surface area contributed by atoms with Gasteiger partial charge in [-0.2, -0.15) is 0 Å². The molecule has 1 amide bonds. The zero-order valence-electron chi connectivity index (χ0n) is 13.3. The minimum atomic E-state index is -0.294. The highest BCUT2D eigenvalue weighted by molar-refractivity contribution is 7.13. The van der Waals surface area contributed by atoms with Gasteiger partial charge in [-0.3, -0.25) is 4.79 Å². The highest BCUT2D eigenvalue weighted by Gasteiger charge is 2.14. The van der Waals surface area contributed by atoms with Crippen LogP contribution in [0.15, 0.2) is 60.0 Å². The van der Waals surface area contributed by atoms with Crippen LogP contribution in [0.4, 0.5) is 4.39 Å². The van der Waals surface area contributed by atoms with Crippen LogP contribution in [0, 0.1) is 5.82 Å². The molecule has 2 aromatic carbocycles. The van der Waals surface area contributed by atoms with Crippen LogP contribution >= 0.6 is 11.3 Å². The number of hydrogen-bond acceptors (Lipinski definition) is 3. The van der Waals surface area contributed by atoms with Crippen LogP contribution in [-0.4, -0.2) is 22.8 Å². The highest BCUT2D eigenvalue weighted by Crippen LogP contribution is 2.23. The summed E-state index contributed by atoms with van der Waals surface area (Å²) in [5.41, 5.74) is 2.29. The fourth-order valence-electron chi connectivity index (χ4n) is 2.36. The smallest absolute Gasteiger partial charge is 0.228 e. The van der Waals surface area contributed by atoms with E-state index in [-0.39, 0.29) is 24.7 Å². The Morgan fingerprint density at radius 3 is 2.58 bits per heavy atom. The summed E-state index contributed by atoms with van der Waals surface area (Å²) in [5.74, 6) is -0.375. The van der Waals surface area contributed by atoms with Gasteiger partial charge in [0.15, 0.2) is 0 Å². The molecular weight excluding hydrogens is 323 g/mol. The quantitative estimate of drug-likeness (QED) is 0.699. The number of benzene rings is 2. The molecule has 0 saturated heterocycles. The van der Waals surface area contributed by atoms with Gasteiger partial charge in [0.1, 0.15) is 10.8 Å². The third kappa shape index (κ3) is 3.86. The molecule has 3 rings (SSSR count). The van der Waals surface area contributed by atoms with Crippen LogP contribution in [0.25, 0.3) is 10.6 Å². The van der Waals surface area contributed by atoms with E-state index in [1.165, 1.54) is 22.3 Å². The van der Waals surface area contributed by atoms with E-state index in [9.17, 15) is 9.18 Å². The van der Waals surface area contributed by atoms with Crippen molar-refractivity contribution in [3.05, 3.63) is 77.1 Å². The average molecular weight is 340 g/mol. The Balaban J connectivity index is 1.65. The van der Waals surface area contributed by atoms with Crippen LogP contribution in [0.2, 0.25) is 0 Å². The van der Waals surface area contributed by atoms with Gasteiger partial charge in [-0.1, -0.05) is 48.5 Å². The molecule has 0 bridgehead atoms. The first-order valence-electron chi connectivity index (χ1n) is 7.60. The molecule has 1 aromatic heterocycles. The molecule has 0 radical (unpaired) electrons. The van der Waals surface area contributed by atoms with E-state index >= 15 is 0 Å². The SMILES string of the molecule is CN(Cc1ccccc1F)C(=O)Cc1csc(-c2ccccc2)n1. The summed E-state index contributed by atoms with van der Waals surface area (Å²) >= 11 is 1.52. The second-order valence-corrected chi connectivity index (χ2v) is 6.39. The summed E-state index contributed by atoms with van der Waals surface area (Å²) in [5, 5.41) is 2.80. The lowest BCUT2D eigenvalue weighted by Gasteiger charge is -2.17. The molecule has 5 heteroatoms. The number of carbonyl (C=O) groups excluding carboxylic acids is 1. The summed E-state index contributed by atoms with van der Waals surface area (Å²) in [6, 6.07) is 16.4. The van der Waals surface area contributed by atoms with Crippen molar-refractivity contribution in [1.29, 1.82) is 0 Å². The third-order valence-electron chi connectivity index (χ3n) is 3.70. The van der Waals surface area contributed by atoms with Gasteiger partial charge in [-0.25, -0.2) is 9.37 Å². The molecule has 122 valence electrons. The number of aromatic nitrogens is 1. The van der Waals surface area contributed by atoms with Gasteiger partial charge in [-0.05, 0) is 6.07 Å². The Labute approximate surface area is 144 Å². The van der Waals surface area contributed by atoms with E-state index in [0.29, 0.717) is 5.56 Å². The van der Waals surface area contributed by atoms with Gasteiger partial charge in [0.05, 0.1) is 12.1 Å². The molecule has 0 atom stereocenters. The van der Waals surface area contributed by atoms with Crippen molar-refractivity contribution in [2.45, 2.75) is 13.0 Å². The summed E-state index contributed by atoms with van der Waals surface area (Å²) in [6.45, 7) is 0.251. The van der Waals surface area contributed by atoms with Crippen LogP contribution in [0.3, 0.4) is 0 Å². The van der Waals surface area contributed by atoms with Crippen LogP contribution in [0.5, 0.6) is 0 Å². The van der Waals surface area contributed by atoms with E-state index < -0.39 is 0 Å². The molecule has 3 nitrogen and oxygen atoms in total. The molecule has 0 aliphatic carbocycles. The lowest BCUT2D eigenvalue weighted by atomic mass is 10.2. The summed E-state index contributed by atoms with van der Waals surface area (Å²) in [7, 11) is 1.68. The van der Waals surface area contributed by atoms with Crippen LogP contribution in [0.1, 0.15) is 11.3 Å². The van der Waals surface area contributed by atoms with Gasteiger partial charge in [-0.15, -0.1) is 11.3 Å². The molecule has 1 heterocycles. The molecule has 3 aromatic rings. The van der Waals surface area contributed by atoms with Crippen molar-refractivity contribution in [3.63, 3.8) is 0 Å². The second-order valence-electron chi connectivity index (χ2n) is 5.53. The van der Waals surface area contributed by atoms with Crippen molar-refractivity contribution < 1.29 is 9.18 Å². The maximum absolute atomic E-state index is 13.7. The lowest BCUT2D eigenvalue weighted by Crippen LogP contribution is -2.28. The van der Waals surface area contributed by atoms with E-state index in [0.717, 1.165) is 16.3 Å². The fraction of sp³-hybridized carbons (Fsp3) is 0.158. The maximum Gasteiger partial charge on any atom is 0.228 e. The maximum atomic E-state index is 13.7. The topological polar surface area (TPSA) is 33.2 Å². The number of halogens is 1. The fourth-order valence-corrected chi connectivity index (χ4v) is 3.19. The Bertz CT molecular complexity index is 832. The predicted molar refractivity (Wildman–Crippen MR) is 94.1 cm³/mol. The van der Waals surface area contributed by atoms with Gasteiger partial charge in [0, 0.05) is 30.1 Å². The number of nitrogens with zero attached hydrogens (tertiary/aromatic N) is 2. The zero-order valence-corrected chi connectivity index (χ0v) is 14.1. The minimum absolute atomic E-state index is 0.0804. The standard InChI is InChI=1S/C19H17FN2OS/c1-22(12-15-9-5-6-10-17(15)20)18(23)11-16-13-24-19(21-16)14-7-3-2-4-8-14/h2-10,13H,11-12H2,1H3.